The molecule has 0 aliphatic heterocycles. The van der Waals surface area contributed by atoms with Crippen molar-refractivity contribution < 1.29 is 10.2 Å². The van der Waals surface area contributed by atoms with Gasteiger partial charge in [0.15, 0.2) is 0 Å². The highest BCUT2D eigenvalue weighted by molar-refractivity contribution is 5.71. The molecule has 2 heteroatoms. The van der Waals surface area contributed by atoms with Crippen molar-refractivity contribution in [1.29, 1.82) is 0 Å². The predicted octanol–water partition coefficient (Wildman–Crippen LogP) is 8.51. The van der Waals surface area contributed by atoms with Crippen LogP contribution < -0.4 is 0 Å². The van der Waals surface area contributed by atoms with Gasteiger partial charge in [0, 0.05) is 5.56 Å². The van der Waals surface area contributed by atoms with Gasteiger partial charge in [-0.3, -0.25) is 0 Å². The molecule has 2 N–H and O–H groups in total. The molecule has 0 saturated carbocycles. The molecule has 0 unspecified atom stereocenters. The largest absolute Gasteiger partial charge is 0.508 e. The molecule has 0 spiro atoms. The summed E-state index contributed by atoms with van der Waals surface area (Å²) < 4.78 is 0. The standard InChI is InChI=1S/C28H40O2/c1-2-3-4-5-6-7-8-9-10-11-12-16-19-26-27(29)22-25(23-28(26)30)21-20-24-17-14-13-15-18-24/h13-15,17-18,20-23,29-30H,2-12,16,19H2,1H3/b21-20+. The number of hydrogen-bond donors (Lipinski definition) is 2. The second kappa shape index (κ2) is 14.7. The van der Waals surface area contributed by atoms with E-state index in [9.17, 15) is 10.2 Å². The van der Waals surface area contributed by atoms with Crippen molar-refractivity contribution in [2.45, 2.75) is 90.4 Å². The maximum absolute atomic E-state index is 10.4. The third-order valence-corrected chi connectivity index (χ3v) is 5.77. The predicted molar refractivity (Wildman–Crippen MR) is 130 cm³/mol. The molecule has 0 aliphatic carbocycles. The number of aromatic hydroxyl groups is 2. The van der Waals surface area contributed by atoms with Gasteiger partial charge in [-0.15, -0.1) is 0 Å². The molecule has 0 atom stereocenters. The van der Waals surface area contributed by atoms with Crippen molar-refractivity contribution in [1.82, 2.24) is 0 Å². The zero-order valence-corrected chi connectivity index (χ0v) is 18.8. The van der Waals surface area contributed by atoms with E-state index in [1.165, 1.54) is 64.2 Å². The lowest BCUT2D eigenvalue weighted by Crippen LogP contribution is -1.90. The number of phenolic OH excluding ortho intramolecular Hbond substituents is 2. The minimum Gasteiger partial charge on any atom is -0.508 e. The quantitative estimate of drug-likeness (QED) is 0.229. The highest BCUT2D eigenvalue weighted by atomic mass is 16.3. The summed E-state index contributed by atoms with van der Waals surface area (Å²) in [5.74, 6) is 0.400. The summed E-state index contributed by atoms with van der Waals surface area (Å²) >= 11 is 0. The van der Waals surface area contributed by atoms with Crippen LogP contribution in [-0.4, -0.2) is 10.2 Å². The van der Waals surface area contributed by atoms with Crippen LogP contribution in [-0.2, 0) is 6.42 Å². The topological polar surface area (TPSA) is 40.5 Å². The number of unbranched alkanes of at least 4 members (excludes halogenated alkanes) is 11. The van der Waals surface area contributed by atoms with Gasteiger partial charge in [0.2, 0.25) is 0 Å². The molecular weight excluding hydrogens is 368 g/mol. The summed E-state index contributed by atoms with van der Waals surface area (Å²) in [6.07, 6.45) is 20.4. The second-order valence-corrected chi connectivity index (χ2v) is 8.42. The van der Waals surface area contributed by atoms with Crippen LogP contribution in [0.25, 0.3) is 12.2 Å². The fourth-order valence-corrected chi connectivity index (χ4v) is 3.91. The minimum absolute atomic E-state index is 0.200. The van der Waals surface area contributed by atoms with Crippen LogP contribution in [0.3, 0.4) is 0 Å². The summed E-state index contributed by atoms with van der Waals surface area (Å²) in [4.78, 5) is 0. The van der Waals surface area contributed by atoms with E-state index in [-0.39, 0.29) is 11.5 Å². The van der Waals surface area contributed by atoms with Gasteiger partial charge in [-0.25, -0.2) is 0 Å². The monoisotopic (exact) mass is 408 g/mol. The van der Waals surface area contributed by atoms with Crippen molar-refractivity contribution in [2.24, 2.45) is 0 Å². The molecule has 2 aromatic rings. The Morgan fingerprint density at radius 2 is 1.07 bits per heavy atom. The van der Waals surface area contributed by atoms with Crippen LogP contribution in [0.2, 0.25) is 0 Å². The van der Waals surface area contributed by atoms with Crippen LogP contribution in [0.1, 0.15) is 101 Å². The molecule has 164 valence electrons. The van der Waals surface area contributed by atoms with Crippen molar-refractivity contribution in [3.05, 3.63) is 59.2 Å². The van der Waals surface area contributed by atoms with E-state index in [2.05, 4.69) is 6.92 Å². The molecule has 0 amide bonds. The number of phenols is 2. The highest BCUT2D eigenvalue weighted by Gasteiger charge is 2.08. The van der Waals surface area contributed by atoms with Gasteiger partial charge in [-0.2, -0.15) is 0 Å². The number of benzene rings is 2. The first kappa shape index (κ1) is 24.1. The van der Waals surface area contributed by atoms with Crippen LogP contribution in [0.4, 0.5) is 0 Å². The van der Waals surface area contributed by atoms with Crippen molar-refractivity contribution in [3.63, 3.8) is 0 Å². The van der Waals surface area contributed by atoms with E-state index in [1.807, 2.05) is 42.5 Å². The molecule has 2 rings (SSSR count). The Balaban J connectivity index is 1.63. The first-order valence-corrected chi connectivity index (χ1v) is 12.0. The normalized spacial score (nSPS) is 11.4. The van der Waals surface area contributed by atoms with Crippen LogP contribution in [0.15, 0.2) is 42.5 Å². The van der Waals surface area contributed by atoms with Gasteiger partial charge in [0.05, 0.1) is 0 Å². The summed E-state index contributed by atoms with van der Waals surface area (Å²) in [6, 6.07) is 13.5. The first-order valence-electron chi connectivity index (χ1n) is 12.0. The molecule has 0 bridgehead atoms. The van der Waals surface area contributed by atoms with E-state index in [0.29, 0.717) is 5.56 Å². The van der Waals surface area contributed by atoms with Gasteiger partial charge in [-0.05, 0) is 36.1 Å². The van der Waals surface area contributed by atoms with E-state index in [0.717, 1.165) is 30.4 Å². The second-order valence-electron chi connectivity index (χ2n) is 8.42. The third-order valence-electron chi connectivity index (χ3n) is 5.77. The average Bonchev–Trinajstić information content (AvgIpc) is 2.75. The molecule has 0 radical (unpaired) electrons. The van der Waals surface area contributed by atoms with Gasteiger partial charge in [0.25, 0.3) is 0 Å². The van der Waals surface area contributed by atoms with E-state index >= 15 is 0 Å². The molecule has 0 aromatic heterocycles. The maximum Gasteiger partial charge on any atom is 0.123 e. The lowest BCUT2D eigenvalue weighted by atomic mass is 10.0. The molecule has 2 aromatic carbocycles. The molecule has 0 aliphatic rings. The number of rotatable bonds is 15. The zero-order valence-electron chi connectivity index (χ0n) is 18.8. The Hall–Kier alpha value is -2.22. The zero-order chi connectivity index (χ0) is 21.4. The molecule has 0 fully saturated rings. The Morgan fingerprint density at radius 3 is 1.60 bits per heavy atom. The summed E-state index contributed by atoms with van der Waals surface area (Å²) in [6.45, 7) is 2.27. The van der Waals surface area contributed by atoms with Crippen molar-refractivity contribution in [3.8, 4) is 11.5 Å². The lowest BCUT2D eigenvalue weighted by Gasteiger charge is -2.09. The van der Waals surface area contributed by atoms with Gasteiger partial charge >= 0.3 is 0 Å². The fraction of sp³-hybridized carbons (Fsp3) is 0.500. The Labute approximate surface area is 183 Å². The molecule has 2 nitrogen and oxygen atoms in total. The van der Waals surface area contributed by atoms with E-state index in [4.69, 9.17) is 0 Å². The average molecular weight is 409 g/mol. The van der Waals surface area contributed by atoms with Gasteiger partial charge in [0.1, 0.15) is 11.5 Å². The fourth-order valence-electron chi connectivity index (χ4n) is 3.91. The van der Waals surface area contributed by atoms with E-state index < -0.39 is 0 Å². The molecule has 0 heterocycles. The lowest BCUT2D eigenvalue weighted by molar-refractivity contribution is 0.435. The van der Waals surface area contributed by atoms with Crippen LogP contribution >= 0.6 is 0 Å². The maximum atomic E-state index is 10.4. The van der Waals surface area contributed by atoms with Crippen LogP contribution in [0.5, 0.6) is 11.5 Å². The Kier molecular flexibility index (Phi) is 11.8. The molecule has 30 heavy (non-hydrogen) atoms. The third kappa shape index (κ3) is 9.52. The Morgan fingerprint density at radius 1 is 0.600 bits per heavy atom. The summed E-state index contributed by atoms with van der Waals surface area (Å²) in [5, 5.41) is 20.7. The highest BCUT2D eigenvalue weighted by Crippen LogP contribution is 2.31. The molecule has 0 saturated heterocycles. The summed E-state index contributed by atoms with van der Waals surface area (Å²) in [5.41, 5.74) is 2.59. The van der Waals surface area contributed by atoms with Crippen LogP contribution in [0, 0.1) is 0 Å². The summed E-state index contributed by atoms with van der Waals surface area (Å²) in [7, 11) is 0. The number of hydrogen-bond acceptors (Lipinski definition) is 2. The SMILES string of the molecule is CCCCCCCCCCCCCCc1c(O)cc(/C=C/c2ccccc2)cc1O. The first-order chi connectivity index (χ1) is 14.7. The van der Waals surface area contributed by atoms with Crippen molar-refractivity contribution >= 4 is 12.2 Å². The smallest absolute Gasteiger partial charge is 0.123 e. The van der Waals surface area contributed by atoms with E-state index in [1.54, 1.807) is 12.1 Å². The molecular formula is C28H40O2. The Bertz CT molecular complexity index is 711. The minimum atomic E-state index is 0.200. The van der Waals surface area contributed by atoms with Gasteiger partial charge in [-0.1, -0.05) is 120 Å². The van der Waals surface area contributed by atoms with Gasteiger partial charge < -0.3 is 10.2 Å². The van der Waals surface area contributed by atoms with Crippen molar-refractivity contribution in [2.75, 3.05) is 0 Å².